The van der Waals surface area contributed by atoms with Gasteiger partial charge in [-0.15, -0.1) is 0 Å². The first kappa shape index (κ1) is 11.9. The number of nitrogens with zero attached hydrogens (tertiary/aromatic N) is 1. The highest BCUT2D eigenvalue weighted by Gasteiger charge is 2.13. The Morgan fingerprint density at radius 1 is 1.40 bits per heavy atom. The second-order valence-electron chi connectivity index (χ2n) is 4.46. The fourth-order valence-corrected chi connectivity index (χ4v) is 1.77. The van der Waals surface area contributed by atoms with E-state index in [0.717, 1.165) is 18.4 Å². The van der Waals surface area contributed by atoms with Crippen LogP contribution in [0, 0.1) is 12.8 Å². The average Bonchev–Trinajstić information content (AvgIpc) is 2.17. The molecule has 2 nitrogen and oxygen atoms in total. The van der Waals surface area contributed by atoms with Gasteiger partial charge in [0, 0.05) is 18.3 Å². The van der Waals surface area contributed by atoms with Crippen LogP contribution in [0.25, 0.3) is 0 Å². The van der Waals surface area contributed by atoms with E-state index in [1.54, 1.807) is 0 Å². The smallest absolute Gasteiger partial charge is 0.120 e. The highest BCUT2D eigenvalue weighted by molar-refractivity contribution is 5.51. The third-order valence-corrected chi connectivity index (χ3v) is 2.54. The van der Waals surface area contributed by atoms with Gasteiger partial charge in [-0.25, -0.2) is 0 Å². The SMILES string of the molecule is Cc1ccc(C(CC=O)CC(C)C)cn1. The summed E-state index contributed by atoms with van der Waals surface area (Å²) < 4.78 is 0. The maximum absolute atomic E-state index is 10.6. The van der Waals surface area contributed by atoms with Crippen LogP contribution in [-0.2, 0) is 4.79 Å². The molecule has 1 unspecified atom stereocenters. The van der Waals surface area contributed by atoms with Crippen molar-refractivity contribution in [3.05, 3.63) is 29.6 Å². The number of hydrogen-bond donors (Lipinski definition) is 0. The summed E-state index contributed by atoms with van der Waals surface area (Å²) in [6, 6.07) is 4.09. The lowest BCUT2D eigenvalue weighted by Crippen LogP contribution is -2.04. The molecule has 82 valence electrons. The molecule has 0 spiro atoms. The van der Waals surface area contributed by atoms with Gasteiger partial charge in [-0.1, -0.05) is 19.9 Å². The normalized spacial score (nSPS) is 12.8. The predicted octanol–water partition coefficient (Wildman–Crippen LogP) is 3.11. The fraction of sp³-hybridized carbons (Fsp3) is 0.538. The summed E-state index contributed by atoms with van der Waals surface area (Å²) in [6.45, 7) is 6.33. The van der Waals surface area contributed by atoms with Crippen LogP contribution in [0.5, 0.6) is 0 Å². The molecule has 0 aromatic carbocycles. The van der Waals surface area contributed by atoms with Gasteiger partial charge in [-0.05, 0) is 36.8 Å². The van der Waals surface area contributed by atoms with Crippen LogP contribution in [0.3, 0.4) is 0 Å². The standard InChI is InChI=1S/C13H19NO/c1-10(2)8-12(6-7-15)13-5-4-11(3)14-9-13/h4-5,7,9-10,12H,6,8H2,1-3H3. The molecule has 1 aromatic rings. The Bertz CT molecular complexity index is 303. The largest absolute Gasteiger partial charge is 0.303 e. The zero-order valence-electron chi connectivity index (χ0n) is 9.73. The minimum absolute atomic E-state index is 0.329. The van der Waals surface area contributed by atoms with E-state index in [-0.39, 0.29) is 0 Å². The Labute approximate surface area is 91.7 Å². The van der Waals surface area contributed by atoms with E-state index in [1.165, 1.54) is 5.56 Å². The average molecular weight is 205 g/mol. The minimum atomic E-state index is 0.329. The van der Waals surface area contributed by atoms with Crippen molar-refractivity contribution in [3.8, 4) is 0 Å². The van der Waals surface area contributed by atoms with Crippen LogP contribution < -0.4 is 0 Å². The number of rotatable bonds is 5. The molecule has 0 fully saturated rings. The van der Waals surface area contributed by atoms with Crippen molar-refractivity contribution in [3.63, 3.8) is 0 Å². The van der Waals surface area contributed by atoms with Gasteiger partial charge in [0.25, 0.3) is 0 Å². The maximum Gasteiger partial charge on any atom is 0.120 e. The van der Waals surface area contributed by atoms with E-state index in [1.807, 2.05) is 19.2 Å². The lowest BCUT2D eigenvalue weighted by molar-refractivity contribution is -0.108. The Hall–Kier alpha value is -1.18. The molecule has 2 heteroatoms. The lowest BCUT2D eigenvalue weighted by atomic mass is 9.89. The van der Waals surface area contributed by atoms with Crippen molar-refractivity contribution in [2.75, 3.05) is 0 Å². The van der Waals surface area contributed by atoms with Crippen LogP contribution in [0.4, 0.5) is 0 Å². The maximum atomic E-state index is 10.6. The highest BCUT2D eigenvalue weighted by Crippen LogP contribution is 2.25. The molecule has 1 rings (SSSR count). The van der Waals surface area contributed by atoms with E-state index >= 15 is 0 Å². The van der Waals surface area contributed by atoms with Gasteiger partial charge in [0.05, 0.1) is 0 Å². The van der Waals surface area contributed by atoms with Crippen molar-refractivity contribution < 1.29 is 4.79 Å². The Morgan fingerprint density at radius 3 is 2.60 bits per heavy atom. The number of aldehydes is 1. The molecule has 1 aromatic heterocycles. The minimum Gasteiger partial charge on any atom is -0.303 e. The molecule has 0 aliphatic heterocycles. The topological polar surface area (TPSA) is 30.0 Å². The summed E-state index contributed by atoms with van der Waals surface area (Å²) >= 11 is 0. The molecule has 15 heavy (non-hydrogen) atoms. The molecule has 0 saturated heterocycles. The van der Waals surface area contributed by atoms with Crippen LogP contribution in [0.15, 0.2) is 18.3 Å². The van der Waals surface area contributed by atoms with Gasteiger partial charge in [0.2, 0.25) is 0 Å². The fourth-order valence-electron chi connectivity index (χ4n) is 1.77. The van der Waals surface area contributed by atoms with Crippen LogP contribution >= 0.6 is 0 Å². The first-order chi connectivity index (χ1) is 7.13. The van der Waals surface area contributed by atoms with Crippen molar-refractivity contribution in [1.82, 2.24) is 4.98 Å². The van der Waals surface area contributed by atoms with Gasteiger partial charge in [-0.2, -0.15) is 0 Å². The number of carbonyl (C=O) groups excluding carboxylic acids is 1. The summed E-state index contributed by atoms with van der Waals surface area (Å²) in [5, 5.41) is 0. The van der Waals surface area contributed by atoms with Crippen molar-refractivity contribution in [2.24, 2.45) is 5.92 Å². The van der Waals surface area contributed by atoms with Crippen LogP contribution in [-0.4, -0.2) is 11.3 Å². The molecule has 0 N–H and O–H groups in total. The zero-order valence-corrected chi connectivity index (χ0v) is 9.73. The lowest BCUT2D eigenvalue weighted by Gasteiger charge is -2.16. The van der Waals surface area contributed by atoms with E-state index in [9.17, 15) is 4.79 Å². The van der Waals surface area contributed by atoms with E-state index in [2.05, 4.69) is 24.9 Å². The van der Waals surface area contributed by atoms with E-state index in [0.29, 0.717) is 18.3 Å². The van der Waals surface area contributed by atoms with Gasteiger partial charge in [0.15, 0.2) is 0 Å². The highest BCUT2D eigenvalue weighted by atomic mass is 16.1. The first-order valence-corrected chi connectivity index (χ1v) is 5.49. The molecule has 0 aliphatic rings. The number of aryl methyl sites for hydroxylation is 1. The molecule has 0 amide bonds. The Kier molecular flexibility index (Phi) is 4.47. The molecule has 0 radical (unpaired) electrons. The molecular formula is C13H19NO. The van der Waals surface area contributed by atoms with Crippen molar-refractivity contribution in [1.29, 1.82) is 0 Å². The second kappa shape index (κ2) is 5.64. The summed E-state index contributed by atoms with van der Waals surface area (Å²) in [6.07, 6.45) is 4.55. The van der Waals surface area contributed by atoms with Crippen molar-refractivity contribution in [2.45, 2.75) is 39.5 Å². The second-order valence-corrected chi connectivity index (χ2v) is 4.46. The third kappa shape index (κ3) is 3.82. The molecule has 0 bridgehead atoms. The van der Waals surface area contributed by atoms with Crippen molar-refractivity contribution >= 4 is 6.29 Å². The summed E-state index contributed by atoms with van der Waals surface area (Å²) in [4.78, 5) is 14.9. The van der Waals surface area contributed by atoms with Gasteiger partial charge < -0.3 is 4.79 Å². The van der Waals surface area contributed by atoms with E-state index < -0.39 is 0 Å². The molecule has 1 atom stereocenters. The number of carbonyl (C=O) groups is 1. The first-order valence-electron chi connectivity index (χ1n) is 5.49. The third-order valence-electron chi connectivity index (χ3n) is 2.54. The van der Waals surface area contributed by atoms with E-state index in [4.69, 9.17) is 0 Å². The number of hydrogen-bond acceptors (Lipinski definition) is 2. The zero-order chi connectivity index (χ0) is 11.3. The van der Waals surface area contributed by atoms with Gasteiger partial charge in [-0.3, -0.25) is 4.98 Å². The van der Waals surface area contributed by atoms with Crippen LogP contribution in [0.1, 0.15) is 43.9 Å². The molecule has 0 aliphatic carbocycles. The monoisotopic (exact) mass is 205 g/mol. The molecule has 1 heterocycles. The number of pyridine rings is 1. The Balaban J connectivity index is 2.78. The quantitative estimate of drug-likeness (QED) is 0.691. The molecular weight excluding hydrogens is 186 g/mol. The summed E-state index contributed by atoms with van der Waals surface area (Å²) in [5.41, 5.74) is 2.20. The summed E-state index contributed by atoms with van der Waals surface area (Å²) in [7, 11) is 0. The number of aromatic nitrogens is 1. The van der Waals surface area contributed by atoms with Gasteiger partial charge in [0.1, 0.15) is 6.29 Å². The Morgan fingerprint density at radius 2 is 2.13 bits per heavy atom. The predicted molar refractivity (Wildman–Crippen MR) is 61.9 cm³/mol. The van der Waals surface area contributed by atoms with Gasteiger partial charge >= 0.3 is 0 Å². The molecule has 0 saturated carbocycles. The van der Waals surface area contributed by atoms with Crippen LogP contribution in [0.2, 0.25) is 0 Å². The summed E-state index contributed by atoms with van der Waals surface area (Å²) in [5.74, 6) is 0.937.